The van der Waals surface area contributed by atoms with Crippen molar-refractivity contribution in [2.75, 3.05) is 12.3 Å². The lowest BCUT2D eigenvalue weighted by Crippen LogP contribution is -2.18. The Morgan fingerprint density at radius 2 is 1.94 bits per heavy atom. The van der Waals surface area contributed by atoms with Crippen molar-refractivity contribution in [3.63, 3.8) is 0 Å². The molecule has 0 radical (unpaired) electrons. The van der Waals surface area contributed by atoms with Crippen LogP contribution in [0.15, 0.2) is 63.1 Å². The molecule has 1 aliphatic rings. The van der Waals surface area contributed by atoms with E-state index >= 15 is 0 Å². The van der Waals surface area contributed by atoms with Crippen LogP contribution in [0, 0.1) is 0 Å². The Balaban J connectivity index is 1.81. The maximum Gasteiger partial charge on any atom is 0.360 e. The molecule has 7 heteroatoms. The third kappa shape index (κ3) is 3.96. The van der Waals surface area contributed by atoms with Crippen LogP contribution in [-0.2, 0) is 24.1 Å². The minimum Gasteiger partial charge on any atom is -0.462 e. The molecule has 0 aliphatic heterocycles. The van der Waals surface area contributed by atoms with E-state index in [1.807, 2.05) is 35.7 Å². The zero-order chi connectivity index (χ0) is 23.7. The Labute approximate surface area is 201 Å². The molecule has 0 fully saturated rings. The Hall–Kier alpha value is -3.58. The van der Waals surface area contributed by atoms with Gasteiger partial charge in [0.15, 0.2) is 5.76 Å². The first-order chi connectivity index (χ1) is 16.6. The van der Waals surface area contributed by atoms with E-state index in [0.29, 0.717) is 17.0 Å². The number of esters is 1. The van der Waals surface area contributed by atoms with Gasteiger partial charge in [-0.05, 0) is 61.2 Å². The van der Waals surface area contributed by atoms with Crippen LogP contribution in [0.4, 0.5) is 5.69 Å². The molecule has 0 amide bonds. The summed E-state index contributed by atoms with van der Waals surface area (Å²) in [6, 6.07) is 15.9. The number of hydrogen-bond donors (Lipinski definition) is 1. The molecule has 5 rings (SSSR count). The topological polar surface area (TPSA) is 87.5 Å². The van der Waals surface area contributed by atoms with E-state index in [9.17, 15) is 9.59 Å². The number of carbonyl (C=O) groups excluding carboxylic acids is 1. The van der Waals surface area contributed by atoms with Crippen molar-refractivity contribution in [3.05, 3.63) is 86.7 Å². The predicted molar refractivity (Wildman–Crippen MR) is 134 cm³/mol. The molecule has 34 heavy (non-hydrogen) atoms. The molecule has 3 aromatic heterocycles. The lowest BCUT2D eigenvalue weighted by atomic mass is 9.97. The van der Waals surface area contributed by atoms with Gasteiger partial charge in [0.05, 0.1) is 17.2 Å². The molecule has 0 atom stereocenters. The van der Waals surface area contributed by atoms with Crippen molar-refractivity contribution >= 4 is 23.0 Å². The fraction of sp³-hybridized carbons (Fsp3) is 0.259. The van der Waals surface area contributed by atoms with Crippen molar-refractivity contribution in [1.82, 2.24) is 4.57 Å². The molecule has 1 aliphatic carbocycles. The molecular weight excluding hydrogens is 448 g/mol. The quantitative estimate of drug-likeness (QED) is 0.372. The average Bonchev–Trinajstić information content (AvgIpc) is 3.50. The van der Waals surface area contributed by atoms with Crippen LogP contribution in [0.25, 0.3) is 21.9 Å². The van der Waals surface area contributed by atoms with Crippen molar-refractivity contribution in [1.29, 1.82) is 0 Å². The number of carbonyl (C=O) groups is 1. The molecular formula is C27H26N2O4S. The second kappa shape index (κ2) is 9.35. The fourth-order valence-electron chi connectivity index (χ4n) is 4.71. The SMILES string of the molecule is CCOC(=O)c1c(-c2cccs2)oc(=O)c(N)c1-c1cc2c(n1Cc1ccccc1)CCCC2. The highest BCUT2D eigenvalue weighted by molar-refractivity contribution is 7.13. The summed E-state index contributed by atoms with van der Waals surface area (Å²) in [4.78, 5) is 26.9. The minimum atomic E-state index is -0.656. The van der Waals surface area contributed by atoms with Crippen LogP contribution < -0.4 is 11.4 Å². The van der Waals surface area contributed by atoms with Crippen LogP contribution in [0.1, 0.15) is 46.9 Å². The largest absolute Gasteiger partial charge is 0.462 e. The first kappa shape index (κ1) is 22.2. The van der Waals surface area contributed by atoms with Gasteiger partial charge in [-0.2, -0.15) is 0 Å². The van der Waals surface area contributed by atoms with E-state index in [-0.39, 0.29) is 23.6 Å². The zero-order valence-corrected chi connectivity index (χ0v) is 19.8. The Kier molecular flexibility index (Phi) is 6.11. The molecule has 6 nitrogen and oxygen atoms in total. The zero-order valence-electron chi connectivity index (χ0n) is 19.0. The van der Waals surface area contributed by atoms with Gasteiger partial charge in [0.2, 0.25) is 0 Å². The minimum absolute atomic E-state index is 0.0764. The molecule has 1 aromatic carbocycles. The molecule has 0 bridgehead atoms. The van der Waals surface area contributed by atoms with Gasteiger partial charge >= 0.3 is 11.6 Å². The Morgan fingerprint density at radius 3 is 2.68 bits per heavy atom. The molecule has 0 unspecified atom stereocenters. The molecule has 3 heterocycles. The number of thiophene rings is 1. The van der Waals surface area contributed by atoms with Crippen LogP contribution in [0.2, 0.25) is 0 Å². The molecule has 0 spiro atoms. The Morgan fingerprint density at radius 1 is 1.15 bits per heavy atom. The number of ether oxygens (including phenoxy) is 1. The van der Waals surface area contributed by atoms with E-state index in [0.717, 1.165) is 36.9 Å². The second-order valence-electron chi connectivity index (χ2n) is 8.36. The van der Waals surface area contributed by atoms with Crippen LogP contribution >= 0.6 is 11.3 Å². The second-order valence-corrected chi connectivity index (χ2v) is 9.31. The summed E-state index contributed by atoms with van der Waals surface area (Å²) >= 11 is 1.39. The van der Waals surface area contributed by atoms with Gasteiger partial charge in [0.1, 0.15) is 11.3 Å². The fourth-order valence-corrected chi connectivity index (χ4v) is 5.42. The predicted octanol–water partition coefficient (Wildman–Crippen LogP) is 5.52. The number of aryl methyl sites for hydroxylation is 1. The van der Waals surface area contributed by atoms with E-state index in [4.69, 9.17) is 14.9 Å². The van der Waals surface area contributed by atoms with Gasteiger partial charge in [0, 0.05) is 17.8 Å². The maximum atomic E-state index is 13.3. The normalized spacial score (nSPS) is 13.0. The van der Waals surface area contributed by atoms with E-state index in [1.165, 1.54) is 22.6 Å². The van der Waals surface area contributed by atoms with E-state index in [1.54, 1.807) is 6.92 Å². The number of rotatable bonds is 6. The lowest BCUT2D eigenvalue weighted by Gasteiger charge is -2.19. The molecule has 174 valence electrons. The maximum absolute atomic E-state index is 13.3. The van der Waals surface area contributed by atoms with Gasteiger partial charge in [-0.3, -0.25) is 0 Å². The first-order valence-corrected chi connectivity index (χ1v) is 12.4. The van der Waals surface area contributed by atoms with Crippen molar-refractivity contribution in [2.45, 2.75) is 39.2 Å². The first-order valence-electron chi connectivity index (χ1n) is 11.5. The van der Waals surface area contributed by atoms with Gasteiger partial charge in [-0.15, -0.1) is 11.3 Å². The van der Waals surface area contributed by atoms with E-state index < -0.39 is 11.6 Å². The van der Waals surface area contributed by atoms with Gasteiger partial charge in [0.25, 0.3) is 0 Å². The van der Waals surface area contributed by atoms with Gasteiger partial charge in [-0.1, -0.05) is 36.4 Å². The third-order valence-corrected chi connectivity index (χ3v) is 7.10. The number of nitrogen functional groups attached to an aromatic ring is 1. The summed E-state index contributed by atoms with van der Waals surface area (Å²) in [5.74, 6) is -0.352. The van der Waals surface area contributed by atoms with Crippen LogP contribution in [0.5, 0.6) is 0 Å². The van der Waals surface area contributed by atoms with E-state index in [2.05, 4.69) is 22.8 Å². The summed E-state index contributed by atoms with van der Waals surface area (Å²) in [6.07, 6.45) is 4.11. The number of hydrogen-bond acceptors (Lipinski definition) is 6. The number of anilines is 1. The number of nitrogens with two attached hydrogens (primary N) is 1. The highest BCUT2D eigenvalue weighted by Crippen LogP contribution is 2.40. The molecule has 2 N–H and O–H groups in total. The van der Waals surface area contributed by atoms with Crippen molar-refractivity contribution in [2.24, 2.45) is 0 Å². The van der Waals surface area contributed by atoms with Crippen LogP contribution in [0.3, 0.4) is 0 Å². The number of aromatic nitrogens is 1. The molecule has 0 saturated heterocycles. The highest BCUT2D eigenvalue weighted by atomic mass is 32.1. The summed E-state index contributed by atoms with van der Waals surface area (Å²) in [6.45, 7) is 2.56. The standard InChI is InChI=1S/C27H26N2O4S/c1-2-32-26(30)23-22(24(28)27(31)33-25(23)21-13-8-14-34-21)20-15-18-11-6-7-12-19(18)29(20)16-17-9-4-3-5-10-17/h3-5,8-10,13-15H,2,6-7,11-12,16,28H2,1H3. The third-order valence-electron chi connectivity index (χ3n) is 6.23. The summed E-state index contributed by atoms with van der Waals surface area (Å²) in [7, 11) is 0. The van der Waals surface area contributed by atoms with Crippen molar-refractivity contribution in [3.8, 4) is 21.9 Å². The average molecular weight is 475 g/mol. The molecule has 4 aromatic rings. The van der Waals surface area contributed by atoms with Gasteiger partial charge in [-0.25, -0.2) is 9.59 Å². The number of nitrogens with zero attached hydrogens (tertiary/aromatic N) is 1. The lowest BCUT2D eigenvalue weighted by molar-refractivity contribution is 0.0526. The number of benzene rings is 1. The monoisotopic (exact) mass is 474 g/mol. The Bertz CT molecular complexity index is 1380. The molecule has 0 saturated carbocycles. The van der Waals surface area contributed by atoms with Gasteiger partial charge < -0.3 is 19.5 Å². The number of fused-ring (bicyclic) bond motifs is 1. The summed E-state index contributed by atoms with van der Waals surface area (Å²) in [5.41, 5.74) is 10.6. The van der Waals surface area contributed by atoms with Crippen LogP contribution in [-0.4, -0.2) is 17.1 Å². The summed E-state index contributed by atoms with van der Waals surface area (Å²) < 4.78 is 13.2. The smallest absolute Gasteiger partial charge is 0.360 e. The highest BCUT2D eigenvalue weighted by Gasteiger charge is 2.30. The van der Waals surface area contributed by atoms with Crippen molar-refractivity contribution < 1.29 is 13.9 Å². The summed E-state index contributed by atoms with van der Waals surface area (Å²) in [5, 5.41) is 1.87.